The summed E-state index contributed by atoms with van der Waals surface area (Å²) >= 11 is 0. The molecule has 1 amide bonds. The van der Waals surface area contributed by atoms with Crippen LogP contribution in [-0.2, 0) is 22.6 Å². The summed E-state index contributed by atoms with van der Waals surface area (Å²) in [5, 5.41) is 2.82. The lowest BCUT2D eigenvalue weighted by Gasteiger charge is -2.06. The number of hydrogen-bond acceptors (Lipinski definition) is 4. The minimum atomic E-state index is -0.0562. The zero-order valence-electron chi connectivity index (χ0n) is 16.2. The highest BCUT2D eigenvalue weighted by molar-refractivity contribution is 6.11. The van der Waals surface area contributed by atoms with Crippen LogP contribution in [0.4, 0.5) is 0 Å². The molecule has 0 unspecified atom stereocenters. The van der Waals surface area contributed by atoms with Crippen LogP contribution in [0.25, 0.3) is 0 Å². The number of amides is 1. The second kappa shape index (κ2) is 11.6. The summed E-state index contributed by atoms with van der Waals surface area (Å²) in [6.45, 7) is 0.809. The number of carbonyl (C=O) groups excluding carboxylic acids is 2. The Balaban J connectivity index is 1.89. The van der Waals surface area contributed by atoms with Gasteiger partial charge in [-0.15, -0.1) is 0 Å². The number of hydrogen-bond donors (Lipinski definition) is 2. The number of benzene rings is 2. The van der Waals surface area contributed by atoms with Gasteiger partial charge in [0, 0.05) is 33.0 Å². The molecule has 0 fully saturated rings. The highest BCUT2D eigenvalue weighted by atomic mass is 16.1. The lowest BCUT2D eigenvalue weighted by atomic mass is 10.0. The van der Waals surface area contributed by atoms with E-state index in [0.717, 1.165) is 28.8 Å². The van der Waals surface area contributed by atoms with E-state index in [9.17, 15) is 9.59 Å². The summed E-state index contributed by atoms with van der Waals surface area (Å²) < 4.78 is 0. The molecule has 5 heteroatoms. The van der Waals surface area contributed by atoms with Crippen molar-refractivity contribution in [1.82, 2.24) is 5.32 Å². The van der Waals surface area contributed by atoms with Crippen molar-refractivity contribution < 1.29 is 9.59 Å². The number of allylic oxidation sites excluding steroid dienone is 2. The summed E-state index contributed by atoms with van der Waals surface area (Å²) in [5.41, 5.74) is 9.17. The maximum atomic E-state index is 12.1. The van der Waals surface area contributed by atoms with Crippen LogP contribution in [0.3, 0.4) is 0 Å². The van der Waals surface area contributed by atoms with Gasteiger partial charge in [0.05, 0.1) is 5.71 Å². The average molecular weight is 377 g/mol. The molecule has 0 aliphatic carbocycles. The topological polar surface area (TPSA) is 84.5 Å². The first-order valence-corrected chi connectivity index (χ1v) is 9.40. The van der Waals surface area contributed by atoms with Gasteiger partial charge < -0.3 is 11.1 Å². The van der Waals surface area contributed by atoms with Gasteiger partial charge in [0.1, 0.15) is 0 Å². The van der Waals surface area contributed by atoms with E-state index in [4.69, 9.17) is 5.73 Å². The van der Waals surface area contributed by atoms with Gasteiger partial charge in [-0.05, 0) is 35.3 Å². The fourth-order valence-corrected chi connectivity index (χ4v) is 2.68. The van der Waals surface area contributed by atoms with Crippen molar-refractivity contribution >= 4 is 17.4 Å². The Bertz CT molecular complexity index is 825. The summed E-state index contributed by atoms with van der Waals surface area (Å²) in [7, 11) is 1.70. The predicted molar refractivity (Wildman–Crippen MR) is 113 cm³/mol. The Morgan fingerprint density at radius 2 is 1.68 bits per heavy atom. The molecule has 2 rings (SSSR count). The lowest BCUT2D eigenvalue weighted by Crippen LogP contribution is -2.24. The van der Waals surface area contributed by atoms with Gasteiger partial charge in [-0.1, -0.05) is 54.6 Å². The Morgan fingerprint density at radius 1 is 0.964 bits per heavy atom. The zero-order valence-corrected chi connectivity index (χ0v) is 16.2. The zero-order chi connectivity index (χ0) is 20.2. The molecule has 5 nitrogen and oxygen atoms in total. The van der Waals surface area contributed by atoms with Crippen molar-refractivity contribution in [3.63, 3.8) is 0 Å². The second-order valence-corrected chi connectivity index (χ2v) is 6.41. The number of rotatable bonds is 10. The van der Waals surface area contributed by atoms with Gasteiger partial charge in [-0.25, -0.2) is 0 Å². The lowest BCUT2D eigenvalue weighted by molar-refractivity contribution is -0.121. The molecular formula is C23H27N3O2. The first-order valence-electron chi connectivity index (χ1n) is 9.40. The summed E-state index contributed by atoms with van der Waals surface area (Å²) in [5.74, 6) is 0.0172. The van der Waals surface area contributed by atoms with E-state index in [1.54, 1.807) is 19.2 Å². The largest absolute Gasteiger partial charge is 0.352 e. The van der Waals surface area contributed by atoms with E-state index in [-0.39, 0.29) is 11.7 Å². The number of aryl methyl sites for hydroxylation is 1. The Kier molecular flexibility index (Phi) is 8.82. The third-order valence-corrected chi connectivity index (χ3v) is 4.28. The Hall–Kier alpha value is -3.05. The average Bonchev–Trinajstić information content (AvgIpc) is 2.73. The molecule has 28 heavy (non-hydrogen) atoms. The van der Waals surface area contributed by atoms with Crippen LogP contribution in [0.15, 0.2) is 71.7 Å². The van der Waals surface area contributed by atoms with Crippen molar-refractivity contribution in [3.8, 4) is 0 Å². The van der Waals surface area contributed by atoms with Crippen LogP contribution in [0, 0.1) is 0 Å². The van der Waals surface area contributed by atoms with Gasteiger partial charge in [0.2, 0.25) is 5.91 Å². The van der Waals surface area contributed by atoms with Crippen LogP contribution < -0.4 is 11.1 Å². The van der Waals surface area contributed by atoms with Gasteiger partial charge in [0.25, 0.3) is 0 Å². The van der Waals surface area contributed by atoms with Crippen LogP contribution in [0.1, 0.15) is 29.5 Å². The normalized spacial score (nSPS) is 11.6. The molecule has 0 aliphatic rings. The van der Waals surface area contributed by atoms with Crippen molar-refractivity contribution in [2.45, 2.75) is 25.8 Å². The maximum Gasteiger partial charge on any atom is 0.221 e. The van der Waals surface area contributed by atoms with Crippen molar-refractivity contribution in [1.29, 1.82) is 0 Å². The number of nitrogens with one attached hydrogen (secondary N) is 1. The molecule has 2 aromatic rings. The molecule has 0 heterocycles. The van der Waals surface area contributed by atoms with Gasteiger partial charge in [-0.2, -0.15) is 0 Å². The third-order valence-electron chi connectivity index (χ3n) is 4.28. The first-order chi connectivity index (χ1) is 13.6. The van der Waals surface area contributed by atoms with Crippen LogP contribution in [-0.4, -0.2) is 31.0 Å². The molecule has 0 aromatic heterocycles. The standard InChI is InChI=1S/C23H27N3O2/c1-25-22(14-13-21(27)12-9-18-5-3-2-4-6-18)20-10-7-19(8-11-20)17-26-23(28)15-16-24/h2-8,10-11,13-14H,9,12,15-17,24H2,1H3,(H,26,28)/b14-13-,25-22?. The fourth-order valence-electron chi connectivity index (χ4n) is 2.68. The molecule has 2 aromatic carbocycles. The SMILES string of the molecule is CN=C(/C=C\C(=O)CCc1ccccc1)c1ccc(CNC(=O)CCN)cc1. The van der Waals surface area contributed by atoms with E-state index < -0.39 is 0 Å². The summed E-state index contributed by atoms with van der Waals surface area (Å²) in [6.07, 6.45) is 4.87. The third kappa shape index (κ3) is 7.29. The fraction of sp³-hybridized carbons (Fsp3) is 0.261. The first kappa shape index (κ1) is 21.3. The molecule has 0 aliphatic heterocycles. The molecule has 0 radical (unpaired) electrons. The molecule has 146 valence electrons. The second-order valence-electron chi connectivity index (χ2n) is 6.41. The van der Waals surface area contributed by atoms with Crippen LogP contribution >= 0.6 is 0 Å². The smallest absolute Gasteiger partial charge is 0.221 e. The van der Waals surface area contributed by atoms with E-state index in [1.807, 2.05) is 54.6 Å². The Morgan fingerprint density at radius 3 is 2.32 bits per heavy atom. The molecule has 0 saturated heterocycles. The molecule has 0 atom stereocenters. The van der Waals surface area contributed by atoms with Crippen LogP contribution in [0.2, 0.25) is 0 Å². The molecule has 3 N–H and O–H groups in total. The number of aliphatic imine (C=N–C) groups is 1. The number of nitrogens with two attached hydrogens (primary N) is 1. The molecule has 0 saturated carbocycles. The predicted octanol–water partition coefficient (Wildman–Crippen LogP) is 2.83. The monoisotopic (exact) mass is 377 g/mol. The van der Waals surface area contributed by atoms with Gasteiger partial charge in [-0.3, -0.25) is 14.6 Å². The van der Waals surface area contributed by atoms with E-state index >= 15 is 0 Å². The Labute approximate surface area is 166 Å². The highest BCUT2D eigenvalue weighted by Crippen LogP contribution is 2.08. The van der Waals surface area contributed by atoms with Crippen molar-refractivity contribution in [2.75, 3.05) is 13.6 Å². The minimum absolute atomic E-state index is 0.0562. The molecule has 0 spiro atoms. The number of carbonyl (C=O) groups is 2. The van der Waals surface area contributed by atoms with E-state index in [0.29, 0.717) is 25.9 Å². The van der Waals surface area contributed by atoms with Gasteiger partial charge in [0.15, 0.2) is 5.78 Å². The summed E-state index contributed by atoms with van der Waals surface area (Å²) in [6, 6.07) is 17.7. The van der Waals surface area contributed by atoms with E-state index in [2.05, 4.69) is 10.3 Å². The number of nitrogens with zero attached hydrogens (tertiary/aromatic N) is 1. The quantitative estimate of drug-likeness (QED) is 0.493. The highest BCUT2D eigenvalue weighted by Gasteiger charge is 2.04. The van der Waals surface area contributed by atoms with Crippen molar-refractivity contribution in [2.24, 2.45) is 10.7 Å². The van der Waals surface area contributed by atoms with E-state index in [1.165, 1.54) is 0 Å². The molecule has 0 bridgehead atoms. The van der Waals surface area contributed by atoms with Crippen LogP contribution in [0.5, 0.6) is 0 Å². The number of ketones is 1. The maximum absolute atomic E-state index is 12.1. The van der Waals surface area contributed by atoms with Gasteiger partial charge >= 0.3 is 0 Å². The summed E-state index contributed by atoms with van der Waals surface area (Å²) in [4.78, 5) is 27.9. The van der Waals surface area contributed by atoms with Crippen molar-refractivity contribution in [3.05, 3.63) is 83.4 Å². The minimum Gasteiger partial charge on any atom is -0.352 e. The molecular weight excluding hydrogens is 350 g/mol.